The zero-order valence-corrected chi connectivity index (χ0v) is 18.1. The van der Waals surface area contributed by atoms with Gasteiger partial charge in [0.2, 0.25) is 5.91 Å². The number of carbonyl (C=O) groups excluding carboxylic acids is 1. The van der Waals surface area contributed by atoms with Gasteiger partial charge in [-0.2, -0.15) is 4.98 Å². The molecule has 1 amide bonds. The monoisotopic (exact) mass is 463 g/mol. The second-order valence-corrected chi connectivity index (χ2v) is 8.63. The van der Waals surface area contributed by atoms with E-state index < -0.39 is 11.5 Å². The van der Waals surface area contributed by atoms with Crippen LogP contribution in [0.1, 0.15) is 29.0 Å². The van der Waals surface area contributed by atoms with Crippen molar-refractivity contribution in [3.63, 3.8) is 0 Å². The van der Waals surface area contributed by atoms with Gasteiger partial charge in [-0.05, 0) is 35.4 Å². The van der Waals surface area contributed by atoms with E-state index in [2.05, 4.69) is 10.3 Å². The van der Waals surface area contributed by atoms with Crippen LogP contribution in [0, 0.1) is 5.82 Å². The minimum Gasteiger partial charge on any atom is -0.312 e. The number of thioether (sulfide) groups is 1. The number of rotatable bonds is 4. The van der Waals surface area contributed by atoms with Gasteiger partial charge in [-0.1, -0.05) is 53.2 Å². The average Bonchev–Trinajstić information content (AvgIpc) is 2.70. The lowest BCUT2D eigenvalue weighted by Gasteiger charge is -2.28. The fourth-order valence-corrected chi connectivity index (χ4v) is 5.06. The lowest BCUT2D eigenvalue weighted by molar-refractivity contribution is -0.116. The number of fused-ring (bicyclic) bond motifs is 1. The number of nitrogens with zero attached hydrogens (tertiary/aromatic N) is 2. The number of amides is 1. The first-order chi connectivity index (χ1) is 14.3. The molecule has 30 heavy (non-hydrogen) atoms. The summed E-state index contributed by atoms with van der Waals surface area (Å²) in [5.41, 5.74) is 1.35. The summed E-state index contributed by atoms with van der Waals surface area (Å²) in [6.07, 6.45) is 0.0510. The molecule has 3 aromatic rings. The van der Waals surface area contributed by atoms with Crippen LogP contribution in [0.15, 0.2) is 52.4 Å². The normalized spacial score (nSPS) is 15.6. The summed E-state index contributed by atoms with van der Waals surface area (Å²) in [6, 6.07) is 11.2. The number of carbonyl (C=O) groups is 1. The van der Waals surface area contributed by atoms with Crippen LogP contribution in [0.4, 0.5) is 10.2 Å². The molecule has 1 atom stereocenters. The fraction of sp³-hybridized carbons (Fsp3) is 0.190. The van der Waals surface area contributed by atoms with Gasteiger partial charge in [0.05, 0.1) is 5.56 Å². The zero-order valence-electron chi connectivity index (χ0n) is 15.8. The van der Waals surface area contributed by atoms with E-state index in [1.165, 1.54) is 23.9 Å². The van der Waals surface area contributed by atoms with Gasteiger partial charge in [0.1, 0.15) is 11.6 Å². The van der Waals surface area contributed by atoms with E-state index in [0.29, 0.717) is 37.9 Å². The Bertz CT molecular complexity index is 1180. The molecule has 0 radical (unpaired) electrons. The van der Waals surface area contributed by atoms with E-state index in [4.69, 9.17) is 23.2 Å². The molecule has 0 spiro atoms. The maximum Gasteiger partial charge on any atom is 0.279 e. The van der Waals surface area contributed by atoms with E-state index in [-0.39, 0.29) is 18.1 Å². The highest BCUT2D eigenvalue weighted by Crippen LogP contribution is 2.41. The van der Waals surface area contributed by atoms with Crippen molar-refractivity contribution >= 4 is 46.7 Å². The van der Waals surface area contributed by atoms with Crippen molar-refractivity contribution in [3.8, 4) is 0 Å². The van der Waals surface area contributed by atoms with Crippen LogP contribution in [0.3, 0.4) is 0 Å². The number of hydrogen-bond acceptors (Lipinski definition) is 4. The van der Waals surface area contributed by atoms with Crippen LogP contribution in [0.25, 0.3) is 0 Å². The number of anilines is 1. The summed E-state index contributed by atoms with van der Waals surface area (Å²) in [5.74, 6) is -0.257. The van der Waals surface area contributed by atoms with Gasteiger partial charge in [-0.15, -0.1) is 0 Å². The smallest absolute Gasteiger partial charge is 0.279 e. The maximum absolute atomic E-state index is 13.1. The van der Waals surface area contributed by atoms with Crippen molar-refractivity contribution in [1.82, 2.24) is 9.55 Å². The first-order valence-electron chi connectivity index (χ1n) is 9.07. The molecule has 0 fully saturated rings. The molecule has 9 heteroatoms. The largest absolute Gasteiger partial charge is 0.312 e. The third-order valence-corrected chi connectivity index (χ3v) is 6.69. The minimum absolute atomic E-state index is 0.0510. The van der Waals surface area contributed by atoms with Gasteiger partial charge in [-0.25, -0.2) is 4.39 Å². The number of benzene rings is 2. The quantitative estimate of drug-likeness (QED) is 0.437. The zero-order chi connectivity index (χ0) is 21.4. The second kappa shape index (κ2) is 8.41. The molecule has 1 aliphatic heterocycles. The molecule has 0 aliphatic carbocycles. The summed E-state index contributed by atoms with van der Waals surface area (Å²) in [4.78, 5) is 29.7. The molecule has 4 rings (SSSR count). The molecular weight excluding hydrogens is 448 g/mol. The second-order valence-electron chi connectivity index (χ2n) is 6.88. The van der Waals surface area contributed by atoms with Crippen molar-refractivity contribution in [2.75, 3.05) is 5.32 Å². The Labute approximate surface area is 186 Å². The average molecular weight is 464 g/mol. The summed E-state index contributed by atoms with van der Waals surface area (Å²) < 4.78 is 14.8. The Morgan fingerprint density at radius 3 is 2.47 bits per heavy atom. The standard InChI is InChI=1S/C21H16Cl2FN3O2S/c1-27-19-18(13(9-16(28)25-19)17-14(22)3-2-4-15(17)23)20(29)26-21(27)30-10-11-5-7-12(24)8-6-11/h2-8,13H,9-10H2,1H3,(H,25,28). The third-order valence-electron chi connectivity index (χ3n) is 4.93. The van der Waals surface area contributed by atoms with Crippen LogP contribution in [-0.4, -0.2) is 15.5 Å². The van der Waals surface area contributed by atoms with Crippen molar-refractivity contribution < 1.29 is 9.18 Å². The number of aromatic nitrogens is 2. The van der Waals surface area contributed by atoms with Gasteiger partial charge in [0, 0.05) is 35.2 Å². The SMILES string of the molecule is Cn1c(SCc2ccc(F)cc2)nc(=O)c2c1NC(=O)CC2c1c(Cl)cccc1Cl. The van der Waals surface area contributed by atoms with E-state index in [0.717, 1.165) is 5.56 Å². The van der Waals surface area contributed by atoms with Gasteiger partial charge in [0.25, 0.3) is 5.56 Å². The summed E-state index contributed by atoms with van der Waals surface area (Å²) in [5, 5.41) is 4.01. The van der Waals surface area contributed by atoms with E-state index in [9.17, 15) is 14.0 Å². The van der Waals surface area contributed by atoms with Gasteiger partial charge in [-0.3, -0.25) is 9.59 Å². The van der Waals surface area contributed by atoms with E-state index in [1.54, 1.807) is 41.9 Å². The molecule has 5 nitrogen and oxygen atoms in total. The highest BCUT2D eigenvalue weighted by Gasteiger charge is 2.34. The maximum atomic E-state index is 13.1. The van der Waals surface area contributed by atoms with Gasteiger partial charge < -0.3 is 9.88 Å². The lowest BCUT2D eigenvalue weighted by atomic mass is 9.86. The Kier molecular flexibility index (Phi) is 5.86. The van der Waals surface area contributed by atoms with Gasteiger partial charge >= 0.3 is 0 Å². The lowest BCUT2D eigenvalue weighted by Crippen LogP contribution is -2.33. The van der Waals surface area contributed by atoms with E-state index in [1.807, 2.05) is 0 Å². The summed E-state index contributed by atoms with van der Waals surface area (Å²) in [7, 11) is 1.73. The molecule has 1 unspecified atom stereocenters. The van der Waals surface area contributed by atoms with E-state index >= 15 is 0 Å². The van der Waals surface area contributed by atoms with Crippen LogP contribution in [-0.2, 0) is 17.6 Å². The molecule has 1 aliphatic rings. The highest BCUT2D eigenvalue weighted by molar-refractivity contribution is 7.98. The van der Waals surface area contributed by atoms with Crippen LogP contribution in [0.2, 0.25) is 10.0 Å². The predicted molar refractivity (Wildman–Crippen MR) is 117 cm³/mol. The fourth-order valence-electron chi connectivity index (χ4n) is 3.48. The van der Waals surface area contributed by atoms with Crippen molar-refractivity contribution in [2.45, 2.75) is 23.2 Å². The Balaban J connectivity index is 1.75. The number of hydrogen-bond donors (Lipinski definition) is 1. The third kappa shape index (κ3) is 3.97. The van der Waals surface area contributed by atoms with Gasteiger partial charge in [0.15, 0.2) is 5.16 Å². The molecule has 0 saturated carbocycles. The summed E-state index contributed by atoms with van der Waals surface area (Å²) >= 11 is 14.0. The molecule has 0 bridgehead atoms. The van der Waals surface area contributed by atoms with Crippen LogP contribution >= 0.6 is 35.0 Å². The highest BCUT2D eigenvalue weighted by atomic mass is 35.5. The Hall–Kier alpha value is -2.35. The number of nitrogens with one attached hydrogen (secondary N) is 1. The molecule has 154 valence electrons. The van der Waals surface area contributed by atoms with Crippen LogP contribution in [0.5, 0.6) is 0 Å². The molecule has 2 heterocycles. The predicted octanol–water partition coefficient (Wildman–Crippen LogP) is 4.99. The molecular formula is C21H16Cl2FN3O2S. The minimum atomic E-state index is -0.586. The van der Waals surface area contributed by atoms with Crippen LogP contribution < -0.4 is 10.9 Å². The first-order valence-corrected chi connectivity index (χ1v) is 10.8. The first kappa shape index (κ1) is 20.9. The molecule has 1 aromatic heterocycles. The van der Waals surface area contributed by atoms with Crippen molar-refractivity contribution in [3.05, 3.63) is 85.4 Å². The molecule has 2 aromatic carbocycles. The summed E-state index contributed by atoms with van der Waals surface area (Å²) in [6.45, 7) is 0. The Morgan fingerprint density at radius 1 is 1.13 bits per heavy atom. The topological polar surface area (TPSA) is 64.0 Å². The van der Waals surface area contributed by atoms with Crippen molar-refractivity contribution in [1.29, 1.82) is 0 Å². The number of halogens is 3. The molecule has 0 saturated heterocycles. The Morgan fingerprint density at radius 2 is 1.80 bits per heavy atom. The van der Waals surface area contributed by atoms with Crippen molar-refractivity contribution in [2.24, 2.45) is 7.05 Å². The molecule has 1 N–H and O–H groups in total.